The fourth-order valence-electron chi connectivity index (χ4n) is 2.46. The zero-order valence-corrected chi connectivity index (χ0v) is 11.7. The number of hydrogen-bond donors (Lipinski definition) is 0. The summed E-state index contributed by atoms with van der Waals surface area (Å²) in [6.45, 7) is 7.69. The first-order valence-corrected chi connectivity index (χ1v) is 6.88. The van der Waals surface area contributed by atoms with E-state index in [-0.39, 0.29) is 6.10 Å². The predicted octanol–water partition coefficient (Wildman–Crippen LogP) is 4.58. The summed E-state index contributed by atoms with van der Waals surface area (Å²) < 4.78 is 6.01. The van der Waals surface area contributed by atoms with Gasteiger partial charge in [-0.1, -0.05) is 63.3 Å². The molecule has 1 nitrogen and oxygen atoms in total. The van der Waals surface area contributed by atoms with Crippen LogP contribution in [0.1, 0.15) is 39.2 Å². The number of rotatable bonds is 3. The lowest BCUT2D eigenvalue weighted by Gasteiger charge is -2.34. The van der Waals surface area contributed by atoms with Crippen molar-refractivity contribution in [2.24, 2.45) is 11.3 Å². The van der Waals surface area contributed by atoms with E-state index in [1.54, 1.807) is 0 Å². The van der Waals surface area contributed by atoms with E-state index in [1.807, 2.05) is 6.07 Å². The lowest BCUT2D eigenvalue weighted by atomic mass is 9.74. The standard InChI is InChI=1S/C17H24O/c1-17(2,3)15-10-7-11-16(12-15)18-13-14-8-5-4-6-9-14/h4-9,11,15-16H,10,12-13H2,1-3H3/t15-,16-/m0/s1. The molecule has 0 aliphatic heterocycles. The van der Waals surface area contributed by atoms with E-state index in [2.05, 4.69) is 57.2 Å². The van der Waals surface area contributed by atoms with Gasteiger partial charge in [0.05, 0.1) is 12.7 Å². The smallest absolute Gasteiger partial charge is 0.0763 e. The molecule has 18 heavy (non-hydrogen) atoms. The molecule has 0 N–H and O–H groups in total. The molecule has 2 rings (SSSR count). The molecule has 98 valence electrons. The van der Waals surface area contributed by atoms with Gasteiger partial charge < -0.3 is 4.74 Å². The Balaban J connectivity index is 1.87. The highest BCUT2D eigenvalue weighted by molar-refractivity contribution is 5.13. The largest absolute Gasteiger partial charge is 0.369 e. The Kier molecular flexibility index (Phi) is 4.23. The molecule has 0 saturated carbocycles. The normalized spacial score (nSPS) is 24.2. The van der Waals surface area contributed by atoms with Crippen molar-refractivity contribution >= 4 is 0 Å². The Labute approximate surface area is 111 Å². The van der Waals surface area contributed by atoms with E-state index < -0.39 is 0 Å². The summed E-state index contributed by atoms with van der Waals surface area (Å²) in [4.78, 5) is 0. The maximum atomic E-state index is 6.01. The summed E-state index contributed by atoms with van der Waals surface area (Å²) in [7, 11) is 0. The maximum Gasteiger partial charge on any atom is 0.0763 e. The van der Waals surface area contributed by atoms with Crippen LogP contribution in [0.25, 0.3) is 0 Å². The Morgan fingerprint density at radius 1 is 1.17 bits per heavy atom. The van der Waals surface area contributed by atoms with Gasteiger partial charge in [-0.3, -0.25) is 0 Å². The molecule has 1 heteroatoms. The van der Waals surface area contributed by atoms with Crippen LogP contribution in [0.4, 0.5) is 0 Å². The molecule has 1 aliphatic rings. The van der Waals surface area contributed by atoms with Crippen molar-refractivity contribution in [1.29, 1.82) is 0 Å². The zero-order chi connectivity index (χ0) is 13.0. The molecule has 0 aromatic heterocycles. The first-order valence-electron chi connectivity index (χ1n) is 6.88. The summed E-state index contributed by atoms with van der Waals surface area (Å²) in [5.41, 5.74) is 1.63. The van der Waals surface area contributed by atoms with Crippen LogP contribution in [0.15, 0.2) is 42.5 Å². The second kappa shape index (κ2) is 5.71. The number of hydrogen-bond acceptors (Lipinski definition) is 1. The van der Waals surface area contributed by atoms with Gasteiger partial charge in [-0.05, 0) is 29.7 Å². The van der Waals surface area contributed by atoms with E-state index in [4.69, 9.17) is 4.74 Å². The highest BCUT2D eigenvalue weighted by atomic mass is 16.5. The highest BCUT2D eigenvalue weighted by Crippen LogP contribution is 2.36. The van der Waals surface area contributed by atoms with Gasteiger partial charge >= 0.3 is 0 Å². The minimum atomic E-state index is 0.281. The van der Waals surface area contributed by atoms with Crippen molar-refractivity contribution in [3.05, 3.63) is 48.0 Å². The van der Waals surface area contributed by atoms with Gasteiger partial charge in [-0.15, -0.1) is 0 Å². The second-order valence-electron chi connectivity index (χ2n) is 6.30. The van der Waals surface area contributed by atoms with Gasteiger partial charge in [0.1, 0.15) is 0 Å². The third-order valence-electron chi connectivity index (χ3n) is 3.82. The van der Waals surface area contributed by atoms with Gasteiger partial charge in [0.2, 0.25) is 0 Å². The van der Waals surface area contributed by atoms with Gasteiger partial charge in [0.25, 0.3) is 0 Å². The second-order valence-corrected chi connectivity index (χ2v) is 6.30. The van der Waals surface area contributed by atoms with Crippen LogP contribution in [-0.2, 0) is 11.3 Å². The average molecular weight is 244 g/mol. The van der Waals surface area contributed by atoms with Crippen LogP contribution in [0.5, 0.6) is 0 Å². The fourth-order valence-corrected chi connectivity index (χ4v) is 2.46. The lowest BCUT2D eigenvalue weighted by molar-refractivity contribution is 0.0341. The molecule has 0 radical (unpaired) electrons. The molecule has 0 saturated heterocycles. The molecule has 0 bridgehead atoms. The molecule has 0 spiro atoms. The van der Waals surface area contributed by atoms with E-state index in [1.165, 1.54) is 12.0 Å². The maximum absolute atomic E-state index is 6.01. The average Bonchev–Trinajstić information content (AvgIpc) is 2.37. The van der Waals surface area contributed by atoms with Crippen LogP contribution in [0.2, 0.25) is 0 Å². The molecule has 1 aromatic rings. The van der Waals surface area contributed by atoms with Crippen LogP contribution in [0, 0.1) is 11.3 Å². The van der Waals surface area contributed by atoms with Crippen molar-refractivity contribution in [2.75, 3.05) is 0 Å². The van der Waals surface area contributed by atoms with Crippen LogP contribution < -0.4 is 0 Å². The van der Waals surface area contributed by atoms with Crippen molar-refractivity contribution in [2.45, 2.75) is 46.3 Å². The molecule has 0 fully saturated rings. The number of allylic oxidation sites excluding steroid dienone is 1. The minimum absolute atomic E-state index is 0.281. The number of benzene rings is 1. The van der Waals surface area contributed by atoms with Crippen molar-refractivity contribution in [3.8, 4) is 0 Å². The van der Waals surface area contributed by atoms with Crippen LogP contribution in [-0.4, -0.2) is 6.10 Å². The van der Waals surface area contributed by atoms with E-state index in [0.717, 1.165) is 12.3 Å². The minimum Gasteiger partial charge on any atom is -0.369 e. The van der Waals surface area contributed by atoms with Crippen LogP contribution >= 0.6 is 0 Å². The summed E-state index contributed by atoms with van der Waals surface area (Å²) in [6.07, 6.45) is 7.13. The summed E-state index contributed by atoms with van der Waals surface area (Å²) in [5, 5.41) is 0. The molecule has 1 aliphatic carbocycles. The molecule has 1 aromatic carbocycles. The molecule has 0 heterocycles. The molecular formula is C17H24O. The van der Waals surface area contributed by atoms with E-state index in [0.29, 0.717) is 12.0 Å². The van der Waals surface area contributed by atoms with E-state index in [9.17, 15) is 0 Å². The Morgan fingerprint density at radius 3 is 2.56 bits per heavy atom. The Hall–Kier alpha value is -1.08. The molecular weight excluding hydrogens is 220 g/mol. The molecule has 0 amide bonds. The molecule has 2 atom stereocenters. The summed E-state index contributed by atoms with van der Waals surface area (Å²) in [5.74, 6) is 0.725. The third-order valence-corrected chi connectivity index (χ3v) is 3.82. The van der Waals surface area contributed by atoms with Crippen molar-refractivity contribution in [3.63, 3.8) is 0 Å². The fraction of sp³-hybridized carbons (Fsp3) is 0.529. The van der Waals surface area contributed by atoms with Gasteiger partial charge in [0.15, 0.2) is 0 Å². The van der Waals surface area contributed by atoms with Crippen molar-refractivity contribution in [1.82, 2.24) is 0 Å². The first kappa shape index (κ1) is 13.4. The lowest BCUT2D eigenvalue weighted by Crippen LogP contribution is -2.28. The SMILES string of the molecule is CC(C)(C)[C@H]1CC=C[C@H](OCc2ccccc2)C1. The summed E-state index contributed by atoms with van der Waals surface area (Å²) in [6, 6.07) is 10.4. The first-order chi connectivity index (χ1) is 8.55. The van der Waals surface area contributed by atoms with Gasteiger partial charge in [-0.25, -0.2) is 0 Å². The molecule has 0 unspecified atom stereocenters. The monoisotopic (exact) mass is 244 g/mol. The van der Waals surface area contributed by atoms with Crippen molar-refractivity contribution < 1.29 is 4.74 Å². The van der Waals surface area contributed by atoms with Gasteiger partial charge in [-0.2, -0.15) is 0 Å². The van der Waals surface area contributed by atoms with E-state index >= 15 is 0 Å². The zero-order valence-electron chi connectivity index (χ0n) is 11.7. The highest BCUT2D eigenvalue weighted by Gasteiger charge is 2.28. The summed E-state index contributed by atoms with van der Waals surface area (Å²) >= 11 is 0. The van der Waals surface area contributed by atoms with Gasteiger partial charge in [0, 0.05) is 0 Å². The Bertz CT molecular complexity index is 386. The van der Waals surface area contributed by atoms with Crippen LogP contribution in [0.3, 0.4) is 0 Å². The topological polar surface area (TPSA) is 9.23 Å². The number of ether oxygens (including phenoxy) is 1. The quantitative estimate of drug-likeness (QED) is 0.707. The third kappa shape index (κ3) is 3.71. The Morgan fingerprint density at radius 2 is 1.89 bits per heavy atom. The predicted molar refractivity (Wildman–Crippen MR) is 76.3 cm³/mol.